The maximum atomic E-state index is 7.28. The van der Waals surface area contributed by atoms with Crippen LogP contribution in [0.1, 0.15) is 11.1 Å². The Balaban J connectivity index is 3.29. The highest BCUT2D eigenvalue weighted by Gasteiger charge is 2.09. The summed E-state index contributed by atoms with van der Waals surface area (Å²) in [6.07, 6.45) is 1.63. The lowest BCUT2D eigenvalue weighted by Gasteiger charge is -2.07. The number of pyridine rings is 1. The molecular formula is C8H11N3O. The topological polar surface area (TPSA) is 72.0 Å². The summed E-state index contributed by atoms with van der Waals surface area (Å²) in [4.78, 5) is 3.94. The molecule has 1 aromatic rings. The fourth-order valence-electron chi connectivity index (χ4n) is 1.02. The molecule has 64 valence electrons. The fraction of sp³-hybridized carbons (Fsp3) is 0.250. The summed E-state index contributed by atoms with van der Waals surface area (Å²) in [6.45, 7) is 1.86. The molecule has 0 aromatic carbocycles. The first-order valence-corrected chi connectivity index (χ1v) is 3.50. The summed E-state index contributed by atoms with van der Waals surface area (Å²) >= 11 is 0. The monoisotopic (exact) mass is 165 g/mol. The Morgan fingerprint density at radius 3 is 2.75 bits per heavy atom. The van der Waals surface area contributed by atoms with Gasteiger partial charge in [-0.05, 0) is 18.6 Å². The van der Waals surface area contributed by atoms with Gasteiger partial charge in [0, 0.05) is 6.20 Å². The van der Waals surface area contributed by atoms with Crippen LogP contribution in [0.15, 0.2) is 12.3 Å². The fourth-order valence-corrected chi connectivity index (χ4v) is 1.02. The molecule has 4 nitrogen and oxygen atoms in total. The maximum absolute atomic E-state index is 7.28. The molecule has 1 rings (SSSR count). The third kappa shape index (κ3) is 1.37. The first kappa shape index (κ1) is 8.52. The van der Waals surface area contributed by atoms with Gasteiger partial charge >= 0.3 is 0 Å². The van der Waals surface area contributed by atoms with Gasteiger partial charge in [-0.1, -0.05) is 0 Å². The van der Waals surface area contributed by atoms with Gasteiger partial charge in [0.15, 0.2) is 0 Å². The van der Waals surface area contributed by atoms with Crippen molar-refractivity contribution in [1.29, 1.82) is 5.41 Å². The van der Waals surface area contributed by atoms with Crippen molar-refractivity contribution >= 4 is 5.84 Å². The zero-order chi connectivity index (χ0) is 9.14. The van der Waals surface area contributed by atoms with E-state index < -0.39 is 0 Å². The van der Waals surface area contributed by atoms with Crippen molar-refractivity contribution in [2.45, 2.75) is 6.92 Å². The van der Waals surface area contributed by atoms with E-state index in [4.69, 9.17) is 15.9 Å². The number of hydrogen-bond acceptors (Lipinski definition) is 3. The molecule has 12 heavy (non-hydrogen) atoms. The molecule has 0 saturated carbocycles. The second-order valence-electron chi connectivity index (χ2n) is 2.43. The van der Waals surface area contributed by atoms with Crippen molar-refractivity contribution in [3.63, 3.8) is 0 Å². The minimum absolute atomic E-state index is 0.0162. The maximum Gasteiger partial charge on any atom is 0.224 e. The zero-order valence-electron chi connectivity index (χ0n) is 7.09. The van der Waals surface area contributed by atoms with E-state index in [0.717, 1.165) is 5.56 Å². The Morgan fingerprint density at radius 1 is 1.67 bits per heavy atom. The Hall–Kier alpha value is -1.58. The van der Waals surface area contributed by atoms with Gasteiger partial charge in [-0.3, -0.25) is 5.41 Å². The molecule has 0 aliphatic rings. The Kier molecular flexibility index (Phi) is 2.28. The number of aryl methyl sites for hydroxylation is 1. The molecule has 0 aliphatic heterocycles. The smallest absolute Gasteiger partial charge is 0.224 e. The standard InChI is InChI=1S/C8H11N3O/c1-5-3-4-11-8(12-2)6(5)7(9)10/h3-4H,1-2H3,(H3,9,10). The van der Waals surface area contributed by atoms with E-state index in [1.807, 2.05) is 6.92 Å². The predicted octanol–water partition coefficient (Wildman–Crippen LogP) is 0.683. The number of nitrogen functional groups attached to an aromatic ring is 1. The van der Waals surface area contributed by atoms with E-state index in [2.05, 4.69) is 4.98 Å². The van der Waals surface area contributed by atoms with E-state index in [1.54, 1.807) is 12.3 Å². The van der Waals surface area contributed by atoms with Crippen molar-refractivity contribution in [1.82, 2.24) is 4.98 Å². The SMILES string of the molecule is COc1nccc(C)c1C(=N)N. The molecule has 0 amide bonds. The molecule has 4 heteroatoms. The van der Waals surface area contributed by atoms with Gasteiger partial charge in [-0.25, -0.2) is 4.98 Å². The Labute approximate surface area is 70.9 Å². The lowest BCUT2D eigenvalue weighted by Crippen LogP contribution is -2.14. The van der Waals surface area contributed by atoms with Crippen molar-refractivity contribution in [3.8, 4) is 5.88 Å². The van der Waals surface area contributed by atoms with Crippen LogP contribution in [0.2, 0.25) is 0 Å². The minimum Gasteiger partial charge on any atom is -0.480 e. The van der Waals surface area contributed by atoms with Crippen LogP contribution >= 0.6 is 0 Å². The molecule has 0 unspecified atom stereocenters. The summed E-state index contributed by atoms with van der Waals surface area (Å²) < 4.78 is 4.96. The van der Waals surface area contributed by atoms with E-state index in [1.165, 1.54) is 7.11 Å². The molecule has 0 aliphatic carbocycles. The number of nitrogens with zero attached hydrogens (tertiary/aromatic N) is 1. The Bertz CT molecular complexity index is 309. The number of ether oxygens (including phenoxy) is 1. The number of amidine groups is 1. The quantitative estimate of drug-likeness (QED) is 0.500. The van der Waals surface area contributed by atoms with E-state index in [0.29, 0.717) is 11.4 Å². The average molecular weight is 165 g/mol. The number of nitrogens with one attached hydrogen (secondary N) is 1. The molecule has 0 fully saturated rings. The van der Waals surface area contributed by atoms with E-state index in [9.17, 15) is 0 Å². The van der Waals surface area contributed by atoms with Gasteiger partial charge in [-0.15, -0.1) is 0 Å². The third-order valence-electron chi connectivity index (χ3n) is 1.59. The number of methoxy groups -OCH3 is 1. The first-order chi connectivity index (χ1) is 5.66. The molecule has 0 atom stereocenters. The second kappa shape index (κ2) is 3.21. The highest BCUT2D eigenvalue weighted by molar-refractivity contribution is 5.98. The third-order valence-corrected chi connectivity index (χ3v) is 1.59. The number of hydrogen-bond donors (Lipinski definition) is 2. The van der Waals surface area contributed by atoms with Gasteiger partial charge in [-0.2, -0.15) is 0 Å². The molecule has 0 bridgehead atoms. The van der Waals surface area contributed by atoms with Crippen LogP contribution in [0.3, 0.4) is 0 Å². The molecule has 0 saturated heterocycles. The lowest BCUT2D eigenvalue weighted by atomic mass is 10.1. The molecule has 1 heterocycles. The summed E-state index contributed by atoms with van der Waals surface area (Å²) in [7, 11) is 1.51. The highest BCUT2D eigenvalue weighted by Crippen LogP contribution is 2.16. The van der Waals surface area contributed by atoms with E-state index >= 15 is 0 Å². The average Bonchev–Trinajstić information content (AvgIpc) is 2.03. The number of rotatable bonds is 2. The molecular weight excluding hydrogens is 154 g/mol. The van der Waals surface area contributed by atoms with E-state index in [-0.39, 0.29) is 5.84 Å². The normalized spacial score (nSPS) is 9.50. The van der Waals surface area contributed by atoms with Gasteiger partial charge in [0.1, 0.15) is 5.84 Å². The first-order valence-electron chi connectivity index (χ1n) is 3.50. The number of aromatic nitrogens is 1. The van der Waals surface area contributed by atoms with Crippen LogP contribution in [0.25, 0.3) is 0 Å². The number of nitrogens with two attached hydrogens (primary N) is 1. The Morgan fingerprint density at radius 2 is 2.33 bits per heavy atom. The summed E-state index contributed by atoms with van der Waals surface area (Å²) in [5, 5.41) is 7.28. The van der Waals surface area contributed by atoms with Gasteiger partial charge in [0.05, 0.1) is 12.7 Å². The molecule has 3 N–H and O–H groups in total. The van der Waals surface area contributed by atoms with Crippen LogP contribution in [-0.2, 0) is 0 Å². The summed E-state index contributed by atoms with van der Waals surface area (Å²) in [5.74, 6) is 0.389. The van der Waals surface area contributed by atoms with Crippen LogP contribution < -0.4 is 10.5 Å². The largest absolute Gasteiger partial charge is 0.480 e. The highest BCUT2D eigenvalue weighted by atomic mass is 16.5. The van der Waals surface area contributed by atoms with Crippen LogP contribution in [-0.4, -0.2) is 17.9 Å². The van der Waals surface area contributed by atoms with Crippen LogP contribution in [0.5, 0.6) is 5.88 Å². The van der Waals surface area contributed by atoms with Crippen molar-refractivity contribution < 1.29 is 4.74 Å². The second-order valence-corrected chi connectivity index (χ2v) is 2.43. The lowest BCUT2D eigenvalue weighted by molar-refractivity contribution is 0.396. The van der Waals surface area contributed by atoms with Crippen molar-refractivity contribution in [3.05, 3.63) is 23.4 Å². The summed E-state index contributed by atoms with van der Waals surface area (Å²) in [5.41, 5.74) is 6.82. The van der Waals surface area contributed by atoms with Crippen LogP contribution in [0, 0.1) is 12.3 Å². The van der Waals surface area contributed by atoms with Crippen LogP contribution in [0.4, 0.5) is 0 Å². The minimum atomic E-state index is -0.0162. The van der Waals surface area contributed by atoms with Gasteiger partial charge in [0.2, 0.25) is 5.88 Å². The summed E-state index contributed by atoms with van der Waals surface area (Å²) in [6, 6.07) is 1.79. The van der Waals surface area contributed by atoms with Gasteiger partial charge in [0.25, 0.3) is 0 Å². The molecule has 0 spiro atoms. The molecule has 0 radical (unpaired) electrons. The zero-order valence-corrected chi connectivity index (χ0v) is 7.09. The molecule has 1 aromatic heterocycles. The predicted molar refractivity (Wildman–Crippen MR) is 46.5 cm³/mol. The van der Waals surface area contributed by atoms with Gasteiger partial charge < -0.3 is 10.5 Å². The van der Waals surface area contributed by atoms with Crippen molar-refractivity contribution in [2.75, 3.05) is 7.11 Å². The van der Waals surface area contributed by atoms with Crippen molar-refractivity contribution in [2.24, 2.45) is 5.73 Å².